The van der Waals surface area contributed by atoms with Crippen molar-refractivity contribution in [3.05, 3.63) is 45.6 Å². The number of halogens is 2. The summed E-state index contributed by atoms with van der Waals surface area (Å²) in [7, 11) is 0. The molecule has 0 bridgehead atoms. The van der Waals surface area contributed by atoms with Crippen LogP contribution in [0, 0.1) is 0 Å². The van der Waals surface area contributed by atoms with E-state index >= 15 is 0 Å². The van der Waals surface area contributed by atoms with E-state index in [1.807, 2.05) is 13.0 Å². The normalized spacial score (nSPS) is 22.4. The van der Waals surface area contributed by atoms with Gasteiger partial charge in [0.15, 0.2) is 6.29 Å². The van der Waals surface area contributed by atoms with Crippen LogP contribution < -0.4 is 16.0 Å². The van der Waals surface area contributed by atoms with Crippen molar-refractivity contribution in [3.8, 4) is 0 Å². The molecular weight excluding hydrogens is 389 g/mol. The number of carbonyl (C=O) groups excluding carboxylic acids is 2. The van der Waals surface area contributed by atoms with Crippen molar-refractivity contribution in [3.63, 3.8) is 0 Å². The lowest BCUT2D eigenvalue weighted by atomic mass is 10.2. The standard InChI is InChI=1S/C18H19Cl2N5O2/c1-9-6-16(26)23-18(21-9)25-15(8-14(24-25)10-2-3-10)22-17(27)12-7-11(19)4-5-13(12)20/h4-5,7-10,18,21H,2-3,6H2,1H3,(H,22,27)(H,23,26). The monoisotopic (exact) mass is 407 g/mol. The van der Waals surface area contributed by atoms with Crippen LogP contribution in [0.25, 0.3) is 0 Å². The molecule has 2 aromatic rings. The lowest BCUT2D eigenvalue weighted by Gasteiger charge is -2.30. The van der Waals surface area contributed by atoms with Crippen molar-refractivity contribution in [2.75, 3.05) is 5.32 Å². The number of nitrogens with one attached hydrogen (secondary N) is 3. The molecule has 2 aliphatic rings. The van der Waals surface area contributed by atoms with Crippen LogP contribution >= 0.6 is 23.2 Å². The van der Waals surface area contributed by atoms with Gasteiger partial charge in [-0.1, -0.05) is 23.2 Å². The first-order valence-electron chi connectivity index (χ1n) is 8.82. The molecule has 4 rings (SSSR count). The fraction of sp³-hybridized carbons (Fsp3) is 0.389. The Hall–Kier alpha value is -2.09. The van der Waals surface area contributed by atoms with Crippen LogP contribution in [-0.4, -0.2) is 27.6 Å². The van der Waals surface area contributed by atoms with Crippen LogP contribution in [0.2, 0.25) is 10.0 Å². The van der Waals surface area contributed by atoms with E-state index in [9.17, 15) is 9.59 Å². The van der Waals surface area contributed by atoms with Gasteiger partial charge >= 0.3 is 0 Å². The number of rotatable bonds is 4. The Morgan fingerprint density at radius 3 is 2.78 bits per heavy atom. The lowest BCUT2D eigenvalue weighted by molar-refractivity contribution is -0.125. The second-order valence-corrected chi connectivity index (χ2v) is 7.84. The predicted octanol–water partition coefficient (Wildman–Crippen LogP) is 3.27. The maximum absolute atomic E-state index is 12.7. The highest BCUT2D eigenvalue weighted by molar-refractivity contribution is 6.36. The number of aromatic nitrogens is 2. The van der Waals surface area contributed by atoms with Crippen LogP contribution in [0.5, 0.6) is 0 Å². The average Bonchev–Trinajstić information content (AvgIpc) is 3.37. The summed E-state index contributed by atoms with van der Waals surface area (Å²) in [5.41, 5.74) is 1.18. The number of hydrogen-bond donors (Lipinski definition) is 3. The van der Waals surface area contributed by atoms with Crippen LogP contribution in [0.4, 0.5) is 5.82 Å². The number of anilines is 1. The largest absolute Gasteiger partial charge is 0.322 e. The van der Waals surface area contributed by atoms with Crippen LogP contribution in [0.15, 0.2) is 24.3 Å². The minimum atomic E-state index is -0.529. The van der Waals surface area contributed by atoms with Gasteiger partial charge in [0.05, 0.1) is 16.3 Å². The van der Waals surface area contributed by atoms with Crippen molar-refractivity contribution in [2.24, 2.45) is 0 Å². The third-order valence-electron chi connectivity index (χ3n) is 4.64. The Balaban J connectivity index is 1.64. The van der Waals surface area contributed by atoms with Gasteiger partial charge in [0.2, 0.25) is 5.91 Å². The summed E-state index contributed by atoms with van der Waals surface area (Å²) in [5, 5.41) is 14.3. The third kappa shape index (κ3) is 3.95. The summed E-state index contributed by atoms with van der Waals surface area (Å²) < 4.78 is 1.61. The highest BCUT2D eigenvalue weighted by Crippen LogP contribution is 2.40. The van der Waals surface area contributed by atoms with Crippen molar-refractivity contribution >= 4 is 40.8 Å². The maximum Gasteiger partial charge on any atom is 0.258 e. The molecule has 9 heteroatoms. The Morgan fingerprint density at radius 2 is 2.07 bits per heavy atom. The molecule has 3 N–H and O–H groups in total. The number of carbonyl (C=O) groups is 2. The smallest absolute Gasteiger partial charge is 0.258 e. The molecule has 27 heavy (non-hydrogen) atoms. The fourth-order valence-electron chi connectivity index (χ4n) is 3.13. The Bertz CT molecular complexity index is 909. The Labute approximate surface area is 166 Å². The molecule has 1 aromatic heterocycles. The molecule has 1 saturated carbocycles. The lowest BCUT2D eigenvalue weighted by Crippen LogP contribution is -2.52. The van der Waals surface area contributed by atoms with E-state index in [1.165, 1.54) is 6.07 Å². The minimum absolute atomic E-state index is 0.00301. The molecule has 142 valence electrons. The summed E-state index contributed by atoms with van der Waals surface area (Å²) >= 11 is 12.1. The van der Waals surface area contributed by atoms with E-state index in [-0.39, 0.29) is 23.4 Å². The number of benzene rings is 1. The molecule has 1 aliphatic heterocycles. The molecule has 7 nitrogen and oxygen atoms in total. The molecular formula is C18H19Cl2N5O2. The van der Waals surface area contributed by atoms with Crippen LogP contribution in [0.3, 0.4) is 0 Å². The third-order valence-corrected chi connectivity index (χ3v) is 5.21. The molecule has 1 aliphatic carbocycles. The minimum Gasteiger partial charge on any atom is -0.322 e. The summed E-state index contributed by atoms with van der Waals surface area (Å²) in [6, 6.07) is 6.57. The summed E-state index contributed by atoms with van der Waals surface area (Å²) in [6.45, 7) is 1.93. The van der Waals surface area contributed by atoms with Gasteiger partial charge in [-0.25, -0.2) is 4.68 Å². The zero-order valence-electron chi connectivity index (χ0n) is 14.6. The number of amides is 2. The average molecular weight is 408 g/mol. The topological polar surface area (TPSA) is 88.1 Å². The summed E-state index contributed by atoms with van der Waals surface area (Å²) in [5.74, 6) is 0.435. The van der Waals surface area contributed by atoms with E-state index in [2.05, 4.69) is 21.0 Å². The van der Waals surface area contributed by atoms with Gasteiger partial charge in [0, 0.05) is 29.5 Å². The summed E-state index contributed by atoms with van der Waals surface area (Å²) in [6.07, 6.45) is 2.02. The quantitative estimate of drug-likeness (QED) is 0.725. The van der Waals surface area contributed by atoms with Crippen molar-refractivity contribution < 1.29 is 9.59 Å². The highest BCUT2D eigenvalue weighted by Gasteiger charge is 2.31. The first-order valence-corrected chi connectivity index (χ1v) is 9.57. The molecule has 0 spiro atoms. The van der Waals surface area contributed by atoms with Crippen molar-refractivity contribution in [1.82, 2.24) is 20.4 Å². The van der Waals surface area contributed by atoms with E-state index in [1.54, 1.807) is 16.8 Å². The van der Waals surface area contributed by atoms with Crippen LogP contribution in [-0.2, 0) is 4.79 Å². The van der Waals surface area contributed by atoms with Gasteiger partial charge in [0.1, 0.15) is 5.82 Å². The molecule has 0 radical (unpaired) electrons. The molecule has 2 unspecified atom stereocenters. The number of hydrogen-bond acceptors (Lipinski definition) is 4. The maximum atomic E-state index is 12.7. The SMILES string of the molecule is CC1CC(=O)NC(n2nc(C3CC3)cc2NC(=O)c2cc(Cl)ccc2Cl)N1. The second kappa shape index (κ2) is 7.14. The van der Waals surface area contributed by atoms with E-state index in [0.29, 0.717) is 28.2 Å². The highest BCUT2D eigenvalue weighted by atomic mass is 35.5. The fourth-order valence-corrected chi connectivity index (χ4v) is 3.50. The molecule has 2 heterocycles. The van der Waals surface area contributed by atoms with Gasteiger partial charge < -0.3 is 10.6 Å². The van der Waals surface area contributed by atoms with Crippen molar-refractivity contribution in [2.45, 2.75) is 44.4 Å². The zero-order chi connectivity index (χ0) is 19.1. The predicted molar refractivity (Wildman–Crippen MR) is 103 cm³/mol. The summed E-state index contributed by atoms with van der Waals surface area (Å²) in [4.78, 5) is 24.7. The second-order valence-electron chi connectivity index (χ2n) is 6.99. The zero-order valence-corrected chi connectivity index (χ0v) is 16.1. The van der Waals surface area contributed by atoms with Gasteiger partial charge in [-0.15, -0.1) is 0 Å². The van der Waals surface area contributed by atoms with E-state index in [4.69, 9.17) is 23.2 Å². The number of nitrogens with zero attached hydrogens (tertiary/aromatic N) is 2. The molecule has 2 fully saturated rings. The van der Waals surface area contributed by atoms with Crippen molar-refractivity contribution in [1.29, 1.82) is 0 Å². The van der Waals surface area contributed by atoms with Gasteiger partial charge in [-0.05, 0) is 38.0 Å². The van der Waals surface area contributed by atoms with E-state index in [0.717, 1.165) is 18.5 Å². The molecule has 2 amide bonds. The first kappa shape index (κ1) is 18.3. The van der Waals surface area contributed by atoms with Gasteiger partial charge in [-0.3, -0.25) is 14.9 Å². The Kier molecular flexibility index (Phi) is 4.84. The van der Waals surface area contributed by atoms with Gasteiger partial charge in [0.25, 0.3) is 5.91 Å². The molecule has 1 aromatic carbocycles. The van der Waals surface area contributed by atoms with E-state index < -0.39 is 6.29 Å². The Morgan fingerprint density at radius 1 is 1.30 bits per heavy atom. The molecule has 1 saturated heterocycles. The molecule has 2 atom stereocenters. The van der Waals surface area contributed by atoms with Gasteiger partial charge in [-0.2, -0.15) is 5.10 Å². The first-order chi connectivity index (χ1) is 12.9. The van der Waals surface area contributed by atoms with Crippen LogP contribution in [0.1, 0.15) is 54.4 Å².